The number of rotatable bonds is 7. The number of amides is 3. The second kappa shape index (κ2) is 11.6. The van der Waals surface area contributed by atoms with E-state index in [4.69, 9.17) is 4.74 Å². The Labute approximate surface area is 214 Å². The fourth-order valence-corrected chi connectivity index (χ4v) is 4.40. The summed E-state index contributed by atoms with van der Waals surface area (Å²) in [6, 6.07) is 19.5. The average molecular weight is 504 g/mol. The largest absolute Gasteiger partial charge is 0.478 e. The van der Waals surface area contributed by atoms with Crippen molar-refractivity contribution in [3.63, 3.8) is 0 Å². The molecule has 3 aromatic rings. The van der Waals surface area contributed by atoms with Gasteiger partial charge in [0.05, 0.1) is 12.2 Å². The Hall–Kier alpha value is -4.40. The minimum absolute atomic E-state index is 0.0391. The number of anilines is 1. The smallest absolute Gasteiger partial charge is 0.409 e. The van der Waals surface area contributed by atoms with Gasteiger partial charge >= 0.3 is 12.1 Å². The Bertz CT molecular complexity index is 1320. The first-order valence-electron chi connectivity index (χ1n) is 12.2. The van der Waals surface area contributed by atoms with Crippen molar-refractivity contribution in [1.29, 1.82) is 0 Å². The molecule has 3 amide bonds. The zero-order chi connectivity index (χ0) is 26.4. The van der Waals surface area contributed by atoms with E-state index < -0.39 is 23.9 Å². The van der Waals surface area contributed by atoms with Crippen LogP contribution in [0.2, 0.25) is 0 Å². The predicted octanol–water partition coefficient (Wildman–Crippen LogP) is 3.64. The Kier molecular flexibility index (Phi) is 8.02. The van der Waals surface area contributed by atoms with E-state index in [1.165, 1.54) is 17.0 Å². The molecule has 9 heteroatoms. The first-order chi connectivity index (χ1) is 17.9. The van der Waals surface area contributed by atoms with Gasteiger partial charge in [-0.3, -0.25) is 9.59 Å². The third kappa shape index (κ3) is 6.24. The molecule has 1 heterocycles. The van der Waals surface area contributed by atoms with E-state index >= 15 is 0 Å². The summed E-state index contributed by atoms with van der Waals surface area (Å²) in [5.41, 5.74) is 1.21. The number of piperazine rings is 1. The maximum atomic E-state index is 13.6. The van der Waals surface area contributed by atoms with Crippen LogP contribution in [0.1, 0.15) is 22.8 Å². The lowest BCUT2D eigenvalue weighted by Crippen LogP contribution is -2.53. The number of carbonyl (C=O) groups excluding carboxylic acids is 3. The van der Waals surface area contributed by atoms with Gasteiger partial charge < -0.3 is 25.0 Å². The van der Waals surface area contributed by atoms with Gasteiger partial charge in [0.2, 0.25) is 11.8 Å². The lowest BCUT2D eigenvalue weighted by Gasteiger charge is -2.35. The number of benzene rings is 3. The Morgan fingerprint density at radius 2 is 1.59 bits per heavy atom. The average Bonchev–Trinajstić information content (AvgIpc) is 2.91. The number of nitrogens with zero attached hydrogens (tertiary/aromatic N) is 2. The topological polar surface area (TPSA) is 116 Å². The van der Waals surface area contributed by atoms with Crippen LogP contribution in [-0.2, 0) is 20.7 Å². The van der Waals surface area contributed by atoms with E-state index in [1.54, 1.807) is 30.0 Å². The van der Waals surface area contributed by atoms with Gasteiger partial charge in [-0.05, 0) is 53.9 Å². The number of carboxylic acids is 1. The summed E-state index contributed by atoms with van der Waals surface area (Å²) < 4.78 is 5.04. The van der Waals surface area contributed by atoms with Gasteiger partial charge in [-0.2, -0.15) is 0 Å². The Balaban J connectivity index is 1.54. The molecule has 0 bridgehead atoms. The van der Waals surface area contributed by atoms with Crippen LogP contribution in [0.25, 0.3) is 10.8 Å². The highest BCUT2D eigenvalue weighted by atomic mass is 16.6. The maximum absolute atomic E-state index is 13.6. The number of hydrogen-bond acceptors (Lipinski definition) is 5. The molecule has 0 saturated carbocycles. The molecule has 192 valence electrons. The van der Waals surface area contributed by atoms with Crippen LogP contribution in [0.3, 0.4) is 0 Å². The summed E-state index contributed by atoms with van der Waals surface area (Å²) >= 11 is 0. The monoisotopic (exact) mass is 503 g/mol. The third-order valence-electron chi connectivity index (χ3n) is 6.36. The van der Waals surface area contributed by atoms with Crippen molar-refractivity contribution in [3.05, 3.63) is 77.9 Å². The fourth-order valence-electron chi connectivity index (χ4n) is 4.40. The highest BCUT2D eigenvalue weighted by Gasteiger charge is 2.34. The predicted molar refractivity (Wildman–Crippen MR) is 138 cm³/mol. The zero-order valence-corrected chi connectivity index (χ0v) is 20.6. The van der Waals surface area contributed by atoms with E-state index in [0.29, 0.717) is 24.3 Å². The molecule has 1 aliphatic heterocycles. The molecule has 9 nitrogen and oxygen atoms in total. The van der Waals surface area contributed by atoms with Gasteiger partial charge in [-0.15, -0.1) is 0 Å². The van der Waals surface area contributed by atoms with Crippen molar-refractivity contribution in [2.45, 2.75) is 13.3 Å². The van der Waals surface area contributed by atoms with Crippen molar-refractivity contribution in [3.8, 4) is 0 Å². The van der Waals surface area contributed by atoms with Crippen LogP contribution in [0, 0.1) is 5.92 Å². The van der Waals surface area contributed by atoms with E-state index in [-0.39, 0.29) is 37.6 Å². The molecule has 4 rings (SSSR count). The quantitative estimate of drug-likeness (QED) is 0.476. The summed E-state index contributed by atoms with van der Waals surface area (Å²) in [5.74, 6) is -3.01. The fraction of sp³-hybridized carbons (Fsp3) is 0.286. The number of hydrogen-bond donors (Lipinski definition) is 2. The first kappa shape index (κ1) is 25.7. The van der Waals surface area contributed by atoms with Gasteiger partial charge in [0.15, 0.2) is 0 Å². The highest BCUT2D eigenvalue weighted by Crippen LogP contribution is 2.22. The van der Waals surface area contributed by atoms with Gasteiger partial charge in [0, 0.05) is 31.9 Å². The van der Waals surface area contributed by atoms with Gasteiger partial charge in [-0.25, -0.2) is 9.59 Å². The number of aromatic carboxylic acids is 1. The summed E-state index contributed by atoms with van der Waals surface area (Å²) in [4.78, 5) is 53.6. The van der Waals surface area contributed by atoms with Crippen molar-refractivity contribution < 1.29 is 29.0 Å². The number of carbonyl (C=O) groups is 4. The van der Waals surface area contributed by atoms with Crippen molar-refractivity contribution in [2.24, 2.45) is 5.92 Å². The number of fused-ring (bicyclic) bond motifs is 1. The van der Waals surface area contributed by atoms with Crippen LogP contribution in [0.4, 0.5) is 10.5 Å². The minimum atomic E-state index is -1.08. The van der Waals surface area contributed by atoms with E-state index in [1.807, 2.05) is 36.4 Å². The molecule has 0 radical (unpaired) electrons. The van der Waals surface area contributed by atoms with Crippen LogP contribution < -0.4 is 5.32 Å². The lowest BCUT2D eigenvalue weighted by molar-refractivity contribution is -0.141. The molecule has 37 heavy (non-hydrogen) atoms. The summed E-state index contributed by atoms with van der Waals surface area (Å²) in [5, 5.41) is 14.2. The molecular weight excluding hydrogens is 474 g/mol. The maximum Gasteiger partial charge on any atom is 0.409 e. The minimum Gasteiger partial charge on any atom is -0.478 e. The molecule has 0 spiro atoms. The Morgan fingerprint density at radius 1 is 0.892 bits per heavy atom. The van der Waals surface area contributed by atoms with Crippen LogP contribution >= 0.6 is 0 Å². The number of carboxylic acid groups (broad SMARTS) is 1. The van der Waals surface area contributed by atoms with Crippen molar-refractivity contribution in [2.75, 3.05) is 38.1 Å². The molecule has 1 aliphatic rings. The van der Waals surface area contributed by atoms with Crippen LogP contribution in [0.15, 0.2) is 66.7 Å². The standard InChI is InChI=1S/C28H29N3O6/c1-2-37-28(36)31-14-12-30(13-15-31)26(33)24(17-19-6-5-9-22(16-19)27(34)35)25(32)29-23-11-10-20-7-3-4-8-21(20)18-23/h3-11,16,18,24H,2,12-15,17H2,1H3,(H,29,32)(H,34,35). The molecule has 0 aliphatic carbocycles. The number of ether oxygens (including phenoxy) is 1. The van der Waals surface area contributed by atoms with Crippen molar-refractivity contribution >= 4 is 40.3 Å². The van der Waals surface area contributed by atoms with Crippen molar-refractivity contribution in [1.82, 2.24) is 9.80 Å². The van der Waals surface area contributed by atoms with Gasteiger partial charge in [-0.1, -0.05) is 42.5 Å². The summed E-state index contributed by atoms with van der Waals surface area (Å²) in [6.45, 7) is 3.15. The van der Waals surface area contributed by atoms with Gasteiger partial charge in [0.1, 0.15) is 5.92 Å². The first-order valence-corrected chi connectivity index (χ1v) is 12.2. The zero-order valence-electron chi connectivity index (χ0n) is 20.6. The summed E-state index contributed by atoms with van der Waals surface area (Å²) in [7, 11) is 0. The molecule has 3 aromatic carbocycles. The number of nitrogens with one attached hydrogen (secondary N) is 1. The second-order valence-electron chi connectivity index (χ2n) is 8.82. The Morgan fingerprint density at radius 3 is 2.30 bits per heavy atom. The highest BCUT2D eigenvalue weighted by molar-refractivity contribution is 6.07. The molecule has 2 N–H and O–H groups in total. The molecular formula is C28H29N3O6. The van der Waals surface area contributed by atoms with E-state index in [2.05, 4.69) is 5.32 Å². The normalized spacial score (nSPS) is 14.2. The second-order valence-corrected chi connectivity index (χ2v) is 8.82. The van der Waals surface area contributed by atoms with E-state index in [9.17, 15) is 24.3 Å². The van der Waals surface area contributed by atoms with Gasteiger partial charge in [0.25, 0.3) is 0 Å². The molecule has 0 aromatic heterocycles. The van der Waals surface area contributed by atoms with Crippen LogP contribution in [-0.4, -0.2) is 71.6 Å². The molecule has 1 fully saturated rings. The third-order valence-corrected chi connectivity index (χ3v) is 6.36. The summed E-state index contributed by atoms with van der Waals surface area (Å²) in [6.07, 6.45) is -0.386. The SMILES string of the molecule is CCOC(=O)N1CCN(C(=O)C(Cc2cccc(C(=O)O)c2)C(=O)Nc2ccc3ccccc3c2)CC1. The molecule has 1 unspecified atom stereocenters. The molecule has 1 saturated heterocycles. The van der Waals surface area contributed by atoms with Crippen LogP contribution in [0.5, 0.6) is 0 Å². The van der Waals surface area contributed by atoms with E-state index in [0.717, 1.165) is 10.8 Å². The lowest BCUT2D eigenvalue weighted by atomic mass is 9.95. The molecule has 1 atom stereocenters.